The molecular formula is C19H14Cl2F3N3O4S. The van der Waals surface area contributed by atoms with Gasteiger partial charge in [0.2, 0.25) is 5.88 Å². The van der Waals surface area contributed by atoms with E-state index < -0.39 is 31.7 Å². The third-order valence-corrected chi connectivity index (χ3v) is 5.98. The van der Waals surface area contributed by atoms with Crippen LogP contribution in [0.25, 0.3) is 11.1 Å². The lowest BCUT2D eigenvalue weighted by atomic mass is 10.1. The van der Waals surface area contributed by atoms with Crippen molar-refractivity contribution in [3.05, 3.63) is 64.4 Å². The first kappa shape index (κ1) is 24.1. The molecule has 0 radical (unpaired) electrons. The SMILES string of the molecule is O=S(=O)(Nc1ncnc(OCCO)c1-c1ccc(Cl)cc1)c1ccc(Cl)c(C(F)(F)F)c1. The van der Waals surface area contributed by atoms with Gasteiger partial charge in [0.1, 0.15) is 12.9 Å². The number of aliphatic hydroxyl groups is 1. The number of aliphatic hydroxyl groups excluding tert-OH is 1. The molecule has 2 aromatic carbocycles. The van der Waals surface area contributed by atoms with Crippen molar-refractivity contribution < 1.29 is 31.4 Å². The average Bonchev–Trinajstić information content (AvgIpc) is 2.72. The highest BCUT2D eigenvalue weighted by molar-refractivity contribution is 7.92. The molecule has 170 valence electrons. The number of nitrogens with one attached hydrogen (secondary N) is 1. The molecule has 0 aliphatic carbocycles. The Kier molecular flexibility index (Phi) is 7.13. The molecule has 0 spiro atoms. The molecule has 3 rings (SSSR count). The van der Waals surface area contributed by atoms with Gasteiger partial charge in [-0.3, -0.25) is 4.72 Å². The van der Waals surface area contributed by atoms with Crippen molar-refractivity contribution in [3.63, 3.8) is 0 Å². The number of rotatable bonds is 7. The molecule has 0 fully saturated rings. The standard InChI is InChI=1S/C19H14Cl2F3N3O4S/c20-12-3-1-11(2-4-12)16-17(25-10-26-18(16)31-8-7-28)27-32(29,30)13-5-6-15(21)14(9-13)19(22,23)24/h1-6,9-10,28H,7-8H2,(H,25,26,27). The minimum Gasteiger partial charge on any atom is -0.475 e. The summed E-state index contributed by atoms with van der Waals surface area (Å²) in [6, 6.07) is 8.38. The van der Waals surface area contributed by atoms with Gasteiger partial charge in [-0.15, -0.1) is 0 Å². The quantitative estimate of drug-likeness (QED) is 0.482. The lowest BCUT2D eigenvalue weighted by Crippen LogP contribution is -2.17. The van der Waals surface area contributed by atoms with E-state index in [1.165, 1.54) is 12.1 Å². The number of benzene rings is 2. The van der Waals surface area contributed by atoms with E-state index in [4.69, 9.17) is 33.0 Å². The number of sulfonamides is 1. The van der Waals surface area contributed by atoms with E-state index in [1.54, 1.807) is 12.1 Å². The number of aromatic nitrogens is 2. The van der Waals surface area contributed by atoms with Crippen LogP contribution in [-0.4, -0.2) is 36.7 Å². The summed E-state index contributed by atoms with van der Waals surface area (Å²) in [7, 11) is -4.52. The number of hydrogen-bond acceptors (Lipinski definition) is 6. The van der Waals surface area contributed by atoms with Crippen LogP contribution >= 0.6 is 23.2 Å². The van der Waals surface area contributed by atoms with Crippen molar-refractivity contribution in [1.29, 1.82) is 0 Å². The largest absolute Gasteiger partial charge is 0.475 e. The molecule has 13 heteroatoms. The zero-order valence-corrected chi connectivity index (χ0v) is 18.2. The first-order valence-corrected chi connectivity index (χ1v) is 11.0. The maximum atomic E-state index is 13.2. The zero-order chi connectivity index (χ0) is 23.5. The minimum atomic E-state index is -4.85. The smallest absolute Gasteiger partial charge is 0.417 e. The van der Waals surface area contributed by atoms with E-state index in [0.29, 0.717) is 16.7 Å². The molecule has 2 N–H and O–H groups in total. The van der Waals surface area contributed by atoms with Gasteiger partial charge in [0.25, 0.3) is 10.0 Å². The summed E-state index contributed by atoms with van der Waals surface area (Å²) in [5, 5.41) is 8.81. The van der Waals surface area contributed by atoms with Gasteiger partial charge < -0.3 is 9.84 Å². The number of alkyl halides is 3. The summed E-state index contributed by atoms with van der Waals surface area (Å²) >= 11 is 11.5. The Labute approximate surface area is 190 Å². The van der Waals surface area contributed by atoms with Crippen LogP contribution in [0.2, 0.25) is 10.0 Å². The lowest BCUT2D eigenvalue weighted by molar-refractivity contribution is -0.137. The molecule has 32 heavy (non-hydrogen) atoms. The molecule has 0 atom stereocenters. The fourth-order valence-electron chi connectivity index (χ4n) is 2.65. The summed E-state index contributed by atoms with van der Waals surface area (Å²) in [4.78, 5) is 7.21. The molecule has 0 saturated heterocycles. The highest BCUT2D eigenvalue weighted by atomic mass is 35.5. The number of halogens is 5. The second kappa shape index (κ2) is 9.49. The molecular weight excluding hydrogens is 494 g/mol. The molecule has 7 nitrogen and oxygen atoms in total. The van der Waals surface area contributed by atoms with Crippen molar-refractivity contribution in [1.82, 2.24) is 9.97 Å². The number of ether oxygens (including phenoxy) is 1. The van der Waals surface area contributed by atoms with E-state index in [1.807, 2.05) is 0 Å². The van der Waals surface area contributed by atoms with Gasteiger partial charge in [-0.1, -0.05) is 35.3 Å². The van der Waals surface area contributed by atoms with E-state index >= 15 is 0 Å². The second-order valence-electron chi connectivity index (χ2n) is 6.23. The summed E-state index contributed by atoms with van der Waals surface area (Å²) in [5.74, 6) is -0.306. The van der Waals surface area contributed by atoms with Crippen molar-refractivity contribution in [2.24, 2.45) is 0 Å². The van der Waals surface area contributed by atoms with Crippen LogP contribution in [0.3, 0.4) is 0 Å². The Morgan fingerprint density at radius 1 is 1.06 bits per heavy atom. The van der Waals surface area contributed by atoms with Crippen molar-refractivity contribution >= 4 is 39.0 Å². The Morgan fingerprint density at radius 3 is 2.38 bits per heavy atom. The Hall–Kier alpha value is -2.60. The molecule has 0 amide bonds. The molecule has 0 unspecified atom stereocenters. The van der Waals surface area contributed by atoms with E-state index in [-0.39, 0.29) is 30.5 Å². The van der Waals surface area contributed by atoms with E-state index in [9.17, 15) is 21.6 Å². The lowest BCUT2D eigenvalue weighted by Gasteiger charge is -2.16. The Balaban J connectivity index is 2.09. The first-order valence-electron chi connectivity index (χ1n) is 8.77. The topological polar surface area (TPSA) is 101 Å². The zero-order valence-electron chi connectivity index (χ0n) is 15.9. The maximum Gasteiger partial charge on any atom is 0.417 e. The molecule has 1 aromatic heterocycles. The predicted molar refractivity (Wildman–Crippen MR) is 112 cm³/mol. The molecule has 0 bridgehead atoms. The normalized spacial score (nSPS) is 11.9. The number of hydrogen-bond donors (Lipinski definition) is 2. The number of nitrogens with zero attached hydrogens (tertiary/aromatic N) is 2. The molecule has 0 saturated carbocycles. The molecule has 0 aliphatic heterocycles. The average molecular weight is 508 g/mol. The van der Waals surface area contributed by atoms with Crippen LogP contribution in [0, 0.1) is 0 Å². The summed E-state index contributed by atoms with van der Waals surface area (Å²) in [5.41, 5.74) is -0.784. The number of anilines is 1. The third-order valence-electron chi connectivity index (χ3n) is 4.06. The van der Waals surface area contributed by atoms with Crippen LogP contribution in [-0.2, 0) is 16.2 Å². The summed E-state index contributed by atoms with van der Waals surface area (Å²) in [6.45, 7) is -0.480. The predicted octanol–water partition coefficient (Wildman–Crippen LogP) is 4.64. The van der Waals surface area contributed by atoms with Gasteiger partial charge in [-0.2, -0.15) is 13.2 Å². The minimum absolute atomic E-state index is 0.0545. The van der Waals surface area contributed by atoms with E-state index in [2.05, 4.69) is 14.7 Å². The van der Waals surface area contributed by atoms with Crippen LogP contribution in [0.15, 0.2) is 53.7 Å². The summed E-state index contributed by atoms with van der Waals surface area (Å²) in [6.07, 6.45) is -3.84. The maximum absolute atomic E-state index is 13.2. The van der Waals surface area contributed by atoms with Crippen LogP contribution in [0.5, 0.6) is 5.88 Å². The first-order chi connectivity index (χ1) is 15.0. The fourth-order valence-corrected chi connectivity index (χ4v) is 4.05. The van der Waals surface area contributed by atoms with Crippen molar-refractivity contribution in [2.45, 2.75) is 11.1 Å². The van der Waals surface area contributed by atoms with Crippen molar-refractivity contribution in [3.8, 4) is 17.0 Å². The Morgan fingerprint density at radius 2 is 1.75 bits per heavy atom. The van der Waals surface area contributed by atoms with Crippen LogP contribution < -0.4 is 9.46 Å². The highest BCUT2D eigenvalue weighted by Gasteiger charge is 2.34. The summed E-state index contributed by atoms with van der Waals surface area (Å²) < 4.78 is 72.8. The Bertz CT molecular complexity index is 1220. The highest BCUT2D eigenvalue weighted by Crippen LogP contribution is 2.38. The second-order valence-corrected chi connectivity index (χ2v) is 8.75. The van der Waals surface area contributed by atoms with E-state index in [0.717, 1.165) is 18.5 Å². The molecule has 3 aromatic rings. The van der Waals surface area contributed by atoms with Gasteiger partial charge in [0.05, 0.1) is 27.7 Å². The fraction of sp³-hybridized carbons (Fsp3) is 0.158. The van der Waals surface area contributed by atoms with Gasteiger partial charge in [-0.25, -0.2) is 18.4 Å². The van der Waals surface area contributed by atoms with Crippen LogP contribution in [0.4, 0.5) is 19.0 Å². The van der Waals surface area contributed by atoms with Gasteiger partial charge >= 0.3 is 6.18 Å². The van der Waals surface area contributed by atoms with Gasteiger partial charge in [-0.05, 0) is 35.9 Å². The van der Waals surface area contributed by atoms with Gasteiger partial charge in [0.15, 0.2) is 5.82 Å². The third kappa shape index (κ3) is 5.41. The molecule has 0 aliphatic rings. The monoisotopic (exact) mass is 507 g/mol. The van der Waals surface area contributed by atoms with Crippen molar-refractivity contribution in [2.75, 3.05) is 17.9 Å². The van der Waals surface area contributed by atoms with Gasteiger partial charge in [0, 0.05) is 5.02 Å². The van der Waals surface area contributed by atoms with Crippen LogP contribution in [0.1, 0.15) is 5.56 Å². The molecule has 1 heterocycles.